The first-order chi connectivity index (χ1) is 15.8. The fraction of sp³-hybridized carbons (Fsp3) is 0.154. The molecule has 156 valence electrons. The number of carbonyl (C=O) groups is 1. The summed E-state index contributed by atoms with van der Waals surface area (Å²) < 4.78 is 1.72. The quantitative estimate of drug-likeness (QED) is 0.519. The van der Waals surface area contributed by atoms with Crippen LogP contribution in [0, 0.1) is 0 Å². The van der Waals surface area contributed by atoms with Gasteiger partial charge in [0, 0.05) is 17.7 Å². The molecule has 0 saturated heterocycles. The lowest BCUT2D eigenvalue weighted by Crippen LogP contribution is -2.33. The summed E-state index contributed by atoms with van der Waals surface area (Å²) in [5.74, 6) is 0.867. The number of Topliss-reactive ketones (excluding diaryl/α,β-unsaturated/α-hetero) is 1. The number of benzene rings is 3. The molecule has 4 aromatic rings. The van der Waals surface area contributed by atoms with E-state index in [2.05, 4.69) is 69.4 Å². The van der Waals surface area contributed by atoms with Crippen LogP contribution < -0.4 is 5.32 Å². The van der Waals surface area contributed by atoms with Gasteiger partial charge in [0.1, 0.15) is 6.04 Å². The number of anilines is 1. The first kappa shape index (κ1) is 18.7. The third-order valence-electron chi connectivity index (χ3n) is 6.39. The van der Waals surface area contributed by atoms with Crippen LogP contribution in [0.3, 0.4) is 0 Å². The van der Waals surface area contributed by atoms with Crippen molar-refractivity contribution in [1.82, 2.24) is 20.2 Å². The van der Waals surface area contributed by atoms with Crippen LogP contribution in [0.2, 0.25) is 0 Å². The fourth-order valence-electron chi connectivity index (χ4n) is 4.83. The van der Waals surface area contributed by atoms with Crippen LogP contribution in [-0.2, 0) is 4.79 Å². The first-order valence-electron chi connectivity index (χ1n) is 10.8. The second-order valence-corrected chi connectivity index (χ2v) is 8.29. The number of nitrogens with zero attached hydrogens (tertiary/aromatic N) is 4. The Labute approximate surface area is 185 Å². The number of hydrogen-bond donors (Lipinski definition) is 1. The third-order valence-corrected chi connectivity index (χ3v) is 6.39. The molecule has 6 heteroatoms. The molecule has 2 atom stereocenters. The van der Waals surface area contributed by atoms with Gasteiger partial charge in [-0.05, 0) is 45.0 Å². The number of tetrazole rings is 1. The van der Waals surface area contributed by atoms with E-state index in [1.165, 1.54) is 5.56 Å². The van der Waals surface area contributed by atoms with Crippen LogP contribution >= 0.6 is 0 Å². The molecule has 0 amide bonds. The Bertz CT molecular complexity index is 1310. The molecular weight excluding hydrogens is 398 g/mol. The Morgan fingerprint density at radius 1 is 0.781 bits per heavy atom. The van der Waals surface area contributed by atoms with Crippen molar-refractivity contribution in [3.8, 4) is 11.1 Å². The maximum absolute atomic E-state index is 13.4. The minimum absolute atomic E-state index is 0.144. The molecule has 32 heavy (non-hydrogen) atoms. The number of aromatic nitrogens is 4. The van der Waals surface area contributed by atoms with Crippen molar-refractivity contribution < 1.29 is 4.79 Å². The monoisotopic (exact) mass is 419 g/mol. The van der Waals surface area contributed by atoms with Gasteiger partial charge in [0.2, 0.25) is 5.95 Å². The first-order valence-corrected chi connectivity index (χ1v) is 10.8. The smallest absolute Gasteiger partial charge is 0.248 e. The Kier molecular flexibility index (Phi) is 4.42. The predicted octanol–water partition coefficient (Wildman–Crippen LogP) is 4.76. The number of rotatable bonds is 3. The van der Waals surface area contributed by atoms with Crippen molar-refractivity contribution in [2.75, 3.05) is 5.32 Å². The summed E-state index contributed by atoms with van der Waals surface area (Å²) in [7, 11) is 0. The summed E-state index contributed by atoms with van der Waals surface area (Å²) >= 11 is 0. The van der Waals surface area contributed by atoms with Crippen molar-refractivity contribution in [3.63, 3.8) is 0 Å². The highest BCUT2D eigenvalue weighted by atomic mass is 16.1. The van der Waals surface area contributed by atoms with Gasteiger partial charge in [0.25, 0.3) is 0 Å². The molecule has 1 aromatic heterocycles. The molecule has 2 aliphatic rings. The van der Waals surface area contributed by atoms with Gasteiger partial charge in [-0.15, -0.1) is 0 Å². The Morgan fingerprint density at radius 2 is 1.47 bits per heavy atom. The molecule has 0 bridgehead atoms. The maximum atomic E-state index is 13.4. The van der Waals surface area contributed by atoms with Crippen molar-refractivity contribution in [2.45, 2.75) is 24.8 Å². The average molecular weight is 419 g/mol. The standard InChI is InChI=1S/C26H21N5O/c32-23-16-21(18-9-5-2-6-10-18)15-22-24(23)25(31-26(27-22)28-29-30-31)20-13-11-19(12-14-20)17-7-3-1-4-8-17/h1-14,21,25H,15-16H2,(H,27,28,30)/t21-,25-/m0/s1. The Balaban J connectivity index is 1.40. The van der Waals surface area contributed by atoms with Crippen molar-refractivity contribution in [3.05, 3.63) is 107 Å². The number of hydrogen-bond acceptors (Lipinski definition) is 5. The molecule has 1 aliphatic heterocycles. The van der Waals surface area contributed by atoms with Crippen LogP contribution in [0.4, 0.5) is 5.95 Å². The lowest BCUT2D eigenvalue weighted by molar-refractivity contribution is -0.116. The van der Waals surface area contributed by atoms with Gasteiger partial charge in [0.05, 0.1) is 0 Å². The lowest BCUT2D eigenvalue weighted by atomic mass is 9.78. The molecule has 2 heterocycles. The zero-order chi connectivity index (χ0) is 21.5. The lowest BCUT2D eigenvalue weighted by Gasteiger charge is -2.34. The van der Waals surface area contributed by atoms with E-state index in [0.29, 0.717) is 12.4 Å². The summed E-state index contributed by atoms with van der Waals surface area (Å²) in [6.07, 6.45) is 1.25. The van der Waals surface area contributed by atoms with Gasteiger partial charge in [-0.3, -0.25) is 4.79 Å². The van der Waals surface area contributed by atoms with Crippen molar-refractivity contribution in [2.24, 2.45) is 0 Å². The van der Waals surface area contributed by atoms with Crippen LogP contribution in [0.5, 0.6) is 0 Å². The molecule has 6 nitrogen and oxygen atoms in total. The number of fused-ring (bicyclic) bond motifs is 1. The minimum Gasteiger partial charge on any atom is -0.326 e. The Morgan fingerprint density at radius 3 is 2.22 bits per heavy atom. The third kappa shape index (κ3) is 3.12. The van der Waals surface area contributed by atoms with Gasteiger partial charge in [-0.2, -0.15) is 4.68 Å². The molecular formula is C26H21N5O. The van der Waals surface area contributed by atoms with E-state index >= 15 is 0 Å². The molecule has 0 radical (unpaired) electrons. The summed E-state index contributed by atoms with van der Waals surface area (Å²) in [6, 6.07) is 28.5. The normalized spacial score (nSPS) is 19.8. The number of ketones is 1. The number of nitrogens with one attached hydrogen (secondary N) is 1. The largest absolute Gasteiger partial charge is 0.326 e. The van der Waals surface area contributed by atoms with Gasteiger partial charge < -0.3 is 5.32 Å². The van der Waals surface area contributed by atoms with Gasteiger partial charge in [-0.25, -0.2) is 0 Å². The SMILES string of the molecule is O=C1C[C@@H](c2ccccc2)CC2=C1[C@H](c1ccc(-c3ccccc3)cc1)n1nnnc1N2. The highest BCUT2D eigenvalue weighted by Gasteiger charge is 2.39. The highest BCUT2D eigenvalue weighted by molar-refractivity contribution is 6.00. The molecule has 0 saturated carbocycles. The van der Waals surface area contributed by atoms with Crippen molar-refractivity contribution in [1.29, 1.82) is 0 Å². The zero-order valence-corrected chi connectivity index (χ0v) is 17.3. The Hall–Kier alpha value is -4.06. The van der Waals surface area contributed by atoms with E-state index in [1.54, 1.807) is 4.68 Å². The van der Waals surface area contributed by atoms with Gasteiger partial charge in [-0.1, -0.05) is 90.0 Å². The number of carbonyl (C=O) groups excluding carboxylic acids is 1. The van der Waals surface area contributed by atoms with E-state index in [1.807, 2.05) is 36.4 Å². The second-order valence-electron chi connectivity index (χ2n) is 8.29. The summed E-state index contributed by atoms with van der Waals surface area (Å²) in [5.41, 5.74) is 6.17. The van der Waals surface area contributed by atoms with Crippen LogP contribution in [0.25, 0.3) is 11.1 Å². The molecule has 3 aromatic carbocycles. The molecule has 0 unspecified atom stereocenters. The minimum atomic E-state index is -0.328. The fourth-order valence-corrected chi connectivity index (χ4v) is 4.83. The van der Waals surface area contributed by atoms with Crippen LogP contribution in [0.15, 0.2) is 96.2 Å². The summed E-state index contributed by atoms with van der Waals surface area (Å²) in [4.78, 5) is 13.4. The molecule has 1 aliphatic carbocycles. The van der Waals surface area contributed by atoms with Gasteiger partial charge in [0.15, 0.2) is 5.78 Å². The van der Waals surface area contributed by atoms with Gasteiger partial charge >= 0.3 is 0 Å². The molecule has 0 spiro atoms. The average Bonchev–Trinajstić information content (AvgIpc) is 3.32. The maximum Gasteiger partial charge on any atom is 0.248 e. The van der Waals surface area contributed by atoms with E-state index in [-0.39, 0.29) is 17.7 Å². The molecule has 6 rings (SSSR count). The second kappa shape index (κ2) is 7.57. The van der Waals surface area contributed by atoms with E-state index < -0.39 is 0 Å². The zero-order valence-electron chi connectivity index (χ0n) is 17.3. The summed E-state index contributed by atoms with van der Waals surface area (Å²) in [5, 5.41) is 15.6. The molecule has 0 fully saturated rings. The van der Waals surface area contributed by atoms with Crippen LogP contribution in [-0.4, -0.2) is 26.0 Å². The summed E-state index contributed by atoms with van der Waals surface area (Å²) in [6.45, 7) is 0. The molecule has 1 N–H and O–H groups in total. The predicted molar refractivity (Wildman–Crippen MR) is 122 cm³/mol. The number of allylic oxidation sites excluding steroid dienone is 2. The van der Waals surface area contributed by atoms with E-state index in [0.717, 1.165) is 34.4 Å². The highest BCUT2D eigenvalue weighted by Crippen LogP contribution is 2.43. The topological polar surface area (TPSA) is 72.7 Å². The van der Waals surface area contributed by atoms with E-state index in [9.17, 15) is 4.79 Å². The van der Waals surface area contributed by atoms with Crippen molar-refractivity contribution >= 4 is 11.7 Å². The van der Waals surface area contributed by atoms with E-state index in [4.69, 9.17) is 0 Å². The van der Waals surface area contributed by atoms with Crippen LogP contribution in [0.1, 0.15) is 35.9 Å².